The standard InChI is InChI=1S/C14H17N7O2/c1-4-20-11(5-7-15-20)12(22)16-14-18-17-13(23-14)10-6-8-21(19-10)9(2)3/h5-9H,4H2,1-3H3,(H,16,18,22). The first-order valence-corrected chi connectivity index (χ1v) is 7.30. The molecule has 9 heteroatoms. The van der Waals surface area contributed by atoms with Gasteiger partial charge in [0.05, 0.1) is 0 Å². The van der Waals surface area contributed by atoms with Crippen LogP contribution in [0.2, 0.25) is 0 Å². The maximum Gasteiger partial charge on any atom is 0.322 e. The fourth-order valence-electron chi connectivity index (χ4n) is 2.06. The minimum Gasteiger partial charge on any atom is -0.401 e. The van der Waals surface area contributed by atoms with Crippen LogP contribution in [-0.4, -0.2) is 35.7 Å². The number of rotatable bonds is 5. The highest BCUT2D eigenvalue weighted by Crippen LogP contribution is 2.19. The van der Waals surface area contributed by atoms with Crippen molar-refractivity contribution in [2.24, 2.45) is 0 Å². The number of aryl methyl sites for hydroxylation is 1. The van der Waals surface area contributed by atoms with Crippen molar-refractivity contribution in [3.05, 3.63) is 30.2 Å². The Balaban J connectivity index is 1.75. The summed E-state index contributed by atoms with van der Waals surface area (Å²) in [6.45, 7) is 6.54. The Labute approximate surface area is 132 Å². The number of anilines is 1. The monoisotopic (exact) mass is 315 g/mol. The molecule has 0 saturated carbocycles. The second-order valence-electron chi connectivity index (χ2n) is 5.17. The maximum absolute atomic E-state index is 12.2. The zero-order valence-electron chi connectivity index (χ0n) is 13.1. The number of carbonyl (C=O) groups is 1. The molecular weight excluding hydrogens is 298 g/mol. The number of nitrogens with zero attached hydrogens (tertiary/aromatic N) is 6. The van der Waals surface area contributed by atoms with Crippen molar-refractivity contribution in [1.29, 1.82) is 0 Å². The normalized spacial score (nSPS) is 11.1. The highest BCUT2D eigenvalue weighted by Gasteiger charge is 2.17. The minimum atomic E-state index is -0.354. The molecule has 0 bridgehead atoms. The summed E-state index contributed by atoms with van der Waals surface area (Å²) in [5.41, 5.74) is 0.988. The van der Waals surface area contributed by atoms with E-state index < -0.39 is 0 Å². The van der Waals surface area contributed by atoms with Crippen LogP contribution in [0.1, 0.15) is 37.3 Å². The Bertz CT molecular complexity index is 815. The third-order valence-corrected chi connectivity index (χ3v) is 3.25. The Morgan fingerprint density at radius 2 is 2.17 bits per heavy atom. The Morgan fingerprint density at radius 1 is 1.35 bits per heavy atom. The summed E-state index contributed by atoms with van der Waals surface area (Å²) in [4.78, 5) is 12.2. The van der Waals surface area contributed by atoms with E-state index in [2.05, 4.69) is 25.7 Å². The molecule has 0 aromatic carbocycles. The maximum atomic E-state index is 12.2. The van der Waals surface area contributed by atoms with Crippen LogP contribution in [0.4, 0.5) is 6.01 Å². The van der Waals surface area contributed by atoms with E-state index in [1.807, 2.05) is 27.0 Å². The molecule has 23 heavy (non-hydrogen) atoms. The summed E-state index contributed by atoms with van der Waals surface area (Å²) in [6.07, 6.45) is 3.40. The first-order valence-electron chi connectivity index (χ1n) is 7.30. The van der Waals surface area contributed by atoms with Crippen LogP contribution in [0.15, 0.2) is 28.9 Å². The van der Waals surface area contributed by atoms with Gasteiger partial charge in [0.25, 0.3) is 11.8 Å². The van der Waals surface area contributed by atoms with Gasteiger partial charge < -0.3 is 4.42 Å². The second-order valence-corrected chi connectivity index (χ2v) is 5.17. The molecule has 0 aliphatic heterocycles. The summed E-state index contributed by atoms with van der Waals surface area (Å²) >= 11 is 0. The first-order chi connectivity index (χ1) is 11.1. The lowest BCUT2D eigenvalue weighted by atomic mass is 10.4. The van der Waals surface area contributed by atoms with Crippen LogP contribution in [0.3, 0.4) is 0 Å². The van der Waals surface area contributed by atoms with Gasteiger partial charge in [-0.3, -0.25) is 19.5 Å². The summed E-state index contributed by atoms with van der Waals surface area (Å²) in [7, 11) is 0. The molecule has 0 spiro atoms. The quantitative estimate of drug-likeness (QED) is 0.772. The SMILES string of the molecule is CCn1nccc1C(=O)Nc1nnc(-c2ccn(C(C)C)n2)o1. The number of aromatic nitrogens is 6. The predicted octanol–water partition coefficient (Wildman–Crippen LogP) is 1.98. The van der Waals surface area contributed by atoms with Crippen molar-refractivity contribution in [2.75, 3.05) is 5.32 Å². The van der Waals surface area contributed by atoms with Crippen molar-refractivity contribution >= 4 is 11.9 Å². The first kappa shape index (κ1) is 14.9. The van der Waals surface area contributed by atoms with E-state index in [0.717, 1.165) is 0 Å². The smallest absolute Gasteiger partial charge is 0.322 e. The van der Waals surface area contributed by atoms with Crippen molar-refractivity contribution in [3.8, 4) is 11.6 Å². The second kappa shape index (κ2) is 6.03. The fourth-order valence-corrected chi connectivity index (χ4v) is 2.06. The molecule has 120 valence electrons. The van der Waals surface area contributed by atoms with Crippen LogP contribution in [0.5, 0.6) is 0 Å². The van der Waals surface area contributed by atoms with E-state index in [9.17, 15) is 4.79 Å². The van der Waals surface area contributed by atoms with Gasteiger partial charge in [0.2, 0.25) is 0 Å². The number of amides is 1. The van der Waals surface area contributed by atoms with Crippen LogP contribution < -0.4 is 5.32 Å². The molecule has 9 nitrogen and oxygen atoms in total. The van der Waals surface area contributed by atoms with E-state index in [1.54, 1.807) is 27.7 Å². The molecule has 0 saturated heterocycles. The van der Waals surface area contributed by atoms with Gasteiger partial charge in [0.15, 0.2) is 0 Å². The average molecular weight is 315 g/mol. The lowest BCUT2D eigenvalue weighted by Crippen LogP contribution is -2.17. The third kappa shape index (κ3) is 2.98. The minimum absolute atomic E-state index is 0.0213. The molecule has 1 N–H and O–H groups in total. The summed E-state index contributed by atoms with van der Waals surface area (Å²) in [5.74, 6) is -0.101. The largest absolute Gasteiger partial charge is 0.401 e. The molecule has 0 atom stereocenters. The number of carbonyl (C=O) groups excluding carboxylic acids is 1. The van der Waals surface area contributed by atoms with Crippen molar-refractivity contribution in [2.45, 2.75) is 33.4 Å². The molecule has 3 aromatic rings. The van der Waals surface area contributed by atoms with Gasteiger partial charge in [-0.15, -0.1) is 5.10 Å². The Morgan fingerprint density at radius 3 is 2.87 bits per heavy atom. The predicted molar refractivity (Wildman–Crippen MR) is 81.8 cm³/mol. The summed E-state index contributed by atoms with van der Waals surface area (Å²) < 4.78 is 8.81. The van der Waals surface area contributed by atoms with Gasteiger partial charge in [-0.05, 0) is 32.9 Å². The van der Waals surface area contributed by atoms with Gasteiger partial charge >= 0.3 is 6.01 Å². The van der Waals surface area contributed by atoms with E-state index in [1.165, 1.54) is 0 Å². The molecule has 3 heterocycles. The molecule has 0 radical (unpaired) electrons. The van der Waals surface area contributed by atoms with E-state index >= 15 is 0 Å². The fraction of sp³-hybridized carbons (Fsp3) is 0.357. The van der Waals surface area contributed by atoms with Crippen molar-refractivity contribution in [1.82, 2.24) is 29.8 Å². The van der Waals surface area contributed by atoms with Gasteiger partial charge in [-0.25, -0.2) is 0 Å². The van der Waals surface area contributed by atoms with Crippen LogP contribution in [0.25, 0.3) is 11.6 Å². The van der Waals surface area contributed by atoms with Crippen LogP contribution in [-0.2, 0) is 6.54 Å². The lowest BCUT2D eigenvalue weighted by molar-refractivity contribution is 0.101. The average Bonchev–Trinajstić information content (AvgIpc) is 3.26. The molecule has 0 fully saturated rings. The van der Waals surface area contributed by atoms with Crippen LogP contribution >= 0.6 is 0 Å². The van der Waals surface area contributed by atoms with Gasteiger partial charge in [0.1, 0.15) is 11.4 Å². The van der Waals surface area contributed by atoms with Crippen LogP contribution in [0, 0.1) is 0 Å². The Hall–Kier alpha value is -2.97. The van der Waals surface area contributed by atoms with Crippen molar-refractivity contribution < 1.29 is 9.21 Å². The molecule has 1 amide bonds. The zero-order chi connectivity index (χ0) is 16.4. The van der Waals surface area contributed by atoms with Crippen molar-refractivity contribution in [3.63, 3.8) is 0 Å². The van der Waals surface area contributed by atoms with E-state index in [4.69, 9.17) is 4.42 Å². The molecule has 0 unspecified atom stereocenters. The zero-order valence-corrected chi connectivity index (χ0v) is 13.1. The highest BCUT2D eigenvalue weighted by atomic mass is 16.4. The topological polar surface area (TPSA) is 104 Å². The molecule has 3 aromatic heterocycles. The molecule has 0 aliphatic rings. The van der Waals surface area contributed by atoms with Gasteiger partial charge in [-0.1, -0.05) is 5.10 Å². The Kier molecular flexibility index (Phi) is 3.92. The van der Waals surface area contributed by atoms with E-state index in [0.29, 0.717) is 17.9 Å². The third-order valence-electron chi connectivity index (χ3n) is 3.25. The van der Waals surface area contributed by atoms with Gasteiger partial charge in [0, 0.05) is 25.0 Å². The molecule has 0 aliphatic carbocycles. The number of nitrogens with one attached hydrogen (secondary N) is 1. The highest BCUT2D eigenvalue weighted by molar-refractivity contribution is 6.01. The lowest BCUT2D eigenvalue weighted by Gasteiger charge is -2.03. The number of hydrogen-bond acceptors (Lipinski definition) is 6. The summed E-state index contributed by atoms with van der Waals surface area (Å²) in [5, 5.41) is 18.7. The summed E-state index contributed by atoms with van der Waals surface area (Å²) in [6, 6.07) is 3.67. The van der Waals surface area contributed by atoms with E-state index in [-0.39, 0.29) is 23.9 Å². The molecular formula is C14H17N7O2. The number of hydrogen-bond donors (Lipinski definition) is 1. The molecule has 3 rings (SSSR count). The van der Waals surface area contributed by atoms with Gasteiger partial charge in [-0.2, -0.15) is 10.2 Å².